The van der Waals surface area contributed by atoms with Gasteiger partial charge in [-0.2, -0.15) is 0 Å². The Bertz CT molecular complexity index is 1320. The first-order valence-electron chi connectivity index (χ1n) is 11.8. The maximum atomic E-state index is 10.9. The van der Waals surface area contributed by atoms with Gasteiger partial charge in [-0.15, -0.1) is 11.3 Å². The van der Waals surface area contributed by atoms with Crippen molar-refractivity contribution in [2.24, 2.45) is 0 Å². The van der Waals surface area contributed by atoms with Gasteiger partial charge in [0.05, 0.1) is 34.8 Å². The molecule has 0 unspecified atom stereocenters. The largest absolute Gasteiger partial charge is 0.494 e. The molecule has 0 radical (unpaired) electrons. The molecule has 0 spiro atoms. The van der Waals surface area contributed by atoms with E-state index in [4.69, 9.17) is 9.72 Å². The number of methoxy groups -OCH3 is 1. The number of hydrogen-bond donors (Lipinski definition) is 2. The van der Waals surface area contributed by atoms with E-state index in [9.17, 15) is 5.11 Å². The third-order valence-electron chi connectivity index (χ3n) is 6.35. The topological polar surface area (TPSA) is 73.8 Å². The molecule has 0 amide bonds. The van der Waals surface area contributed by atoms with E-state index in [1.54, 1.807) is 7.11 Å². The molecule has 0 aliphatic carbocycles. The highest BCUT2D eigenvalue weighted by atomic mass is 32.1. The van der Waals surface area contributed by atoms with Crippen molar-refractivity contribution in [2.45, 2.75) is 19.4 Å². The second kappa shape index (κ2) is 9.45. The van der Waals surface area contributed by atoms with Crippen LogP contribution in [0.1, 0.15) is 18.7 Å². The van der Waals surface area contributed by atoms with E-state index in [1.807, 2.05) is 56.4 Å². The lowest BCUT2D eigenvalue weighted by Crippen LogP contribution is -2.44. The fourth-order valence-corrected chi connectivity index (χ4v) is 5.56. The van der Waals surface area contributed by atoms with Gasteiger partial charge in [-0.3, -0.25) is 0 Å². The molecule has 8 heteroatoms. The quantitative estimate of drug-likeness (QED) is 0.391. The summed E-state index contributed by atoms with van der Waals surface area (Å²) in [6.07, 6.45) is 1.82. The van der Waals surface area contributed by atoms with Gasteiger partial charge < -0.3 is 25.0 Å². The Morgan fingerprint density at radius 1 is 1.06 bits per heavy atom. The second-order valence-corrected chi connectivity index (χ2v) is 10.5. The number of nitrogens with one attached hydrogen (secondary N) is 1. The zero-order chi connectivity index (χ0) is 24.6. The molecule has 1 aliphatic heterocycles. The highest BCUT2D eigenvalue weighted by Crippen LogP contribution is 2.43. The standard InChI is InChI=1S/C27H31N5O2S/c1-27(2,33)25-23(18-8-6-5-7-9-18)24-22(35-25)17-28-26(30-24)29-20-11-10-19(16-21(20)34-4)32-14-12-31(3)13-15-32/h5-11,16-17,33H,12-15H2,1-4H3,(H,28,29,30). The predicted octanol–water partition coefficient (Wildman–Crippen LogP) is 5.09. The van der Waals surface area contributed by atoms with Crippen LogP contribution in [0.5, 0.6) is 5.75 Å². The van der Waals surface area contributed by atoms with E-state index in [-0.39, 0.29) is 0 Å². The number of hydrogen-bond acceptors (Lipinski definition) is 8. The average Bonchev–Trinajstić information content (AvgIpc) is 3.25. The van der Waals surface area contributed by atoms with Gasteiger partial charge in [-0.1, -0.05) is 30.3 Å². The van der Waals surface area contributed by atoms with Crippen LogP contribution in [0.25, 0.3) is 21.3 Å². The summed E-state index contributed by atoms with van der Waals surface area (Å²) in [7, 11) is 3.84. The van der Waals surface area contributed by atoms with E-state index < -0.39 is 5.60 Å². The molecule has 1 saturated heterocycles. The molecule has 7 nitrogen and oxygen atoms in total. The molecule has 35 heavy (non-hydrogen) atoms. The smallest absolute Gasteiger partial charge is 0.227 e. The monoisotopic (exact) mass is 489 g/mol. The van der Waals surface area contributed by atoms with E-state index >= 15 is 0 Å². The molecule has 182 valence electrons. The summed E-state index contributed by atoms with van der Waals surface area (Å²) in [6.45, 7) is 7.71. The molecule has 0 atom stereocenters. The number of benzene rings is 2. The number of thiophene rings is 1. The van der Waals surface area contributed by atoms with Gasteiger partial charge in [-0.05, 0) is 38.6 Å². The van der Waals surface area contributed by atoms with Gasteiger partial charge >= 0.3 is 0 Å². The second-order valence-electron chi connectivity index (χ2n) is 9.44. The molecule has 2 aromatic heterocycles. The van der Waals surface area contributed by atoms with Crippen LogP contribution in [0.3, 0.4) is 0 Å². The minimum Gasteiger partial charge on any atom is -0.494 e. The summed E-state index contributed by atoms with van der Waals surface area (Å²) < 4.78 is 6.65. The first-order valence-corrected chi connectivity index (χ1v) is 12.6. The van der Waals surface area contributed by atoms with Gasteiger partial charge in [0.15, 0.2) is 0 Å². The number of ether oxygens (including phenoxy) is 1. The number of piperazine rings is 1. The SMILES string of the molecule is COc1cc(N2CCN(C)CC2)ccc1Nc1ncc2sc(C(C)(C)O)c(-c3ccccc3)c2n1. The Balaban J connectivity index is 1.50. The maximum absolute atomic E-state index is 10.9. The molecular formula is C27H31N5O2S. The summed E-state index contributed by atoms with van der Waals surface area (Å²) in [6, 6.07) is 16.3. The van der Waals surface area contributed by atoms with Crippen molar-refractivity contribution in [3.05, 3.63) is 59.6 Å². The zero-order valence-corrected chi connectivity index (χ0v) is 21.4. The Hall–Kier alpha value is -3.20. The highest BCUT2D eigenvalue weighted by Gasteiger charge is 2.27. The molecular weight excluding hydrogens is 458 g/mol. The number of aliphatic hydroxyl groups is 1. The normalized spacial score (nSPS) is 14.9. The van der Waals surface area contributed by atoms with Gasteiger partial charge in [-0.25, -0.2) is 9.97 Å². The molecule has 0 saturated carbocycles. The van der Waals surface area contributed by atoms with Crippen LogP contribution in [0.4, 0.5) is 17.3 Å². The van der Waals surface area contributed by atoms with E-state index in [1.165, 1.54) is 11.3 Å². The average molecular weight is 490 g/mol. The molecule has 0 bridgehead atoms. The van der Waals surface area contributed by atoms with Crippen molar-refractivity contribution in [3.8, 4) is 16.9 Å². The van der Waals surface area contributed by atoms with Crippen molar-refractivity contribution < 1.29 is 9.84 Å². The van der Waals surface area contributed by atoms with Crippen LogP contribution >= 0.6 is 11.3 Å². The third-order valence-corrected chi connectivity index (χ3v) is 7.78. The van der Waals surface area contributed by atoms with Crippen LogP contribution in [0.15, 0.2) is 54.7 Å². The van der Waals surface area contributed by atoms with Gasteiger partial charge in [0.25, 0.3) is 0 Å². The van der Waals surface area contributed by atoms with Crippen molar-refractivity contribution in [3.63, 3.8) is 0 Å². The number of nitrogens with zero attached hydrogens (tertiary/aromatic N) is 4. The van der Waals surface area contributed by atoms with Crippen LogP contribution in [-0.4, -0.2) is 60.3 Å². The van der Waals surface area contributed by atoms with E-state index in [2.05, 4.69) is 39.3 Å². The third kappa shape index (κ3) is 4.82. The van der Waals surface area contributed by atoms with E-state index in [0.29, 0.717) is 5.95 Å². The molecule has 5 rings (SSSR count). The number of rotatable bonds is 6. The lowest BCUT2D eigenvalue weighted by molar-refractivity contribution is 0.0831. The summed E-state index contributed by atoms with van der Waals surface area (Å²) in [5.41, 5.74) is 3.76. The molecule has 2 N–H and O–H groups in total. The van der Waals surface area contributed by atoms with Gasteiger partial charge in [0, 0.05) is 48.4 Å². The molecule has 1 fully saturated rings. The highest BCUT2D eigenvalue weighted by molar-refractivity contribution is 7.19. The predicted molar refractivity (Wildman–Crippen MR) is 144 cm³/mol. The van der Waals surface area contributed by atoms with Crippen LogP contribution in [0, 0.1) is 0 Å². The molecule has 4 aromatic rings. The van der Waals surface area contributed by atoms with Gasteiger partial charge in [0.2, 0.25) is 5.95 Å². The van der Waals surface area contributed by atoms with Crippen LogP contribution in [-0.2, 0) is 5.60 Å². The Labute approximate surface area is 210 Å². The summed E-state index contributed by atoms with van der Waals surface area (Å²) >= 11 is 1.53. The number of anilines is 3. The molecule has 1 aliphatic rings. The fourth-order valence-electron chi connectivity index (χ4n) is 4.42. The van der Waals surface area contributed by atoms with Crippen LogP contribution < -0.4 is 15.0 Å². The Morgan fingerprint density at radius 2 is 1.80 bits per heavy atom. The lowest BCUT2D eigenvalue weighted by Gasteiger charge is -2.34. The minimum atomic E-state index is -0.994. The summed E-state index contributed by atoms with van der Waals surface area (Å²) in [4.78, 5) is 15.0. The van der Waals surface area contributed by atoms with Crippen molar-refractivity contribution >= 4 is 38.9 Å². The number of aromatic nitrogens is 2. The van der Waals surface area contributed by atoms with Crippen molar-refractivity contribution in [2.75, 3.05) is 50.6 Å². The maximum Gasteiger partial charge on any atom is 0.227 e. The first-order chi connectivity index (χ1) is 16.8. The Morgan fingerprint density at radius 3 is 2.49 bits per heavy atom. The van der Waals surface area contributed by atoms with Gasteiger partial charge in [0.1, 0.15) is 5.75 Å². The summed E-state index contributed by atoms with van der Waals surface area (Å²) in [5.74, 6) is 1.23. The Kier molecular flexibility index (Phi) is 6.35. The fraction of sp³-hybridized carbons (Fsp3) is 0.333. The first kappa shape index (κ1) is 23.5. The van der Waals surface area contributed by atoms with Crippen molar-refractivity contribution in [1.29, 1.82) is 0 Å². The lowest BCUT2D eigenvalue weighted by atomic mass is 9.97. The molecule has 3 heterocycles. The van der Waals surface area contributed by atoms with Crippen molar-refractivity contribution in [1.82, 2.24) is 14.9 Å². The summed E-state index contributed by atoms with van der Waals surface area (Å²) in [5, 5.41) is 14.2. The minimum absolute atomic E-state index is 0.487. The zero-order valence-electron chi connectivity index (χ0n) is 20.6. The number of fused-ring (bicyclic) bond motifs is 1. The van der Waals surface area contributed by atoms with Crippen LogP contribution in [0.2, 0.25) is 0 Å². The van der Waals surface area contributed by atoms with E-state index in [0.717, 1.165) is 69.5 Å². The number of likely N-dealkylation sites (N-methyl/N-ethyl adjacent to an activating group) is 1. The molecule has 2 aromatic carbocycles.